The Hall–Kier alpha value is -0.630. The average Bonchev–Trinajstić information content (AvgIpc) is 2.09. The fraction of sp³-hybridized carbons (Fsp3) is 0.889. The molecule has 0 aromatic carbocycles. The zero-order chi connectivity index (χ0) is 13.5. The van der Waals surface area contributed by atoms with Crippen molar-refractivity contribution in [2.45, 2.75) is 25.4 Å². The molecule has 0 aliphatic carbocycles. The van der Waals surface area contributed by atoms with Crippen LogP contribution in [0.1, 0.15) is 19.3 Å². The van der Waals surface area contributed by atoms with E-state index < -0.39 is 22.6 Å². The first-order chi connectivity index (χ1) is 7.60. The average molecular weight is 276 g/mol. The summed E-state index contributed by atoms with van der Waals surface area (Å²) in [6.45, 7) is -1.67. The lowest BCUT2D eigenvalue weighted by molar-refractivity contribution is -0.174. The maximum Gasteiger partial charge on any atom is 0.411 e. The molecule has 4 nitrogen and oxygen atoms in total. The molecule has 0 saturated heterocycles. The first-order valence-corrected chi connectivity index (χ1v) is 7.00. The third-order valence-electron chi connectivity index (χ3n) is 1.76. The van der Waals surface area contributed by atoms with Crippen molar-refractivity contribution in [2.24, 2.45) is 0 Å². The van der Waals surface area contributed by atoms with Gasteiger partial charge in [0.15, 0.2) is 0 Å². The molecule has 0 rings (SSSR count). The minimum absolute atomic E-state index is 0.0441. The minimum Gasteiger partial charge on any atom is -0.372 e. The number of alkyl halides is 3. The van der Waals surface area contributed by atoms with Crippen molar-refractivity contribution in [3.05, 3.63) is 0 Å². The van der Waals surface area contributed by atoms with Crippen LogP contribution in [0.3, 0.4) is 0 Å². The number of rotatable bonds is 8. The van der Waals surface area contributed by atoms with Crippen molar-refractivity contribution in [1.82, 2.24) is 0 Å². The third kappa shape index (κ3) is 13.3. The predicted molar refractivity (Wildman–Crippen MR) is 55.4 cm³/mol. The molecule has 0 bridgehead atoms. The molecule has 0 aliphatic heterocycles. The van der Waals surface area contributed by atoms with Crippen molar-refractivity contribution < 1.29 is 31.1 Å². The summed E-state index contributed by atoms with van der Waals surface area (Å²) < 4.78 is 60.6. The number of ether oxygens (including phenoxy) is 1. The van der Waals surface area contributed by atoms with Gasteiger partial charge < -0.3 is 4.74 Å². The van der Waals surface area contributed by atoms with Crippen molar-refractivity contribution in [2.75, 3.05) is 25.2 Å². The van der Waals surface area contributed by atoms with Gasteiger partial charge in [-0.1, -0.05) is 0 Å². The second-order valence-electron chi connectivity index (χ2n) is 3.69. The number of Topliss-reactive ketones (excluding diaryl/α,β-unsaturated/α-hetero) is 1. The van der Waals surface area contributed by atoms with Crippen LogP contribution in [0, 0.1) is 0 Å². The molecule has 0 aliphatic rings. The first-order valence-electron chi connectivity index (χ1n) is 4.94. The second kappa shape index (κ2) is 6.95. The number of hydrogen-bond acceptors (Lipinski definition) is 4. The second-order valence-corrected chi connectivity index (χ2v) is 5.95. The standard InChI is InChI=1S/C9H15F3O4S/c1-17(14,15)6-2-3-8(13)4-5-16-7-9(10,11)12/h2-7H2,1H3. The van der Waals surface area contributed by atoms with E-state index in [0.29, 0.717) is 0 Å². The van der Waals surface area contributed by atoms with Crippen LogP contribution in [0.5, 0.6) is 0 Å². The normalized spacial score (nSPS) is 12.7. The highest BCUT2D eigenvalue weighted by Crippen LogP contribution is 2.14. The Bertz CT molecular complexity index is 335. The van der Waals surface area contributed by atoms with E-state index in [0.717, 1.165) is 6.26 Å². The van der Waals surface area contributed by atoms with Crippen LogP contribution in [-0.2, 0) is 19.4 Å². The summed E-state index contributed by atoms with van der Waals surface area (Å²) in [5.74, 6) is -0.391. The monoisotopic (exact) mass is 276 g/mol. The molecule has 102 valence electrons. The molecule has 8 heteroatoms. The summed E-state index contributed by atoms with van der Waals surface area (Å²) in [7, 11) is -3.10. The van der Waals surface area contributed by atoms with E-state index in [-0.39, 0.29) is 37.4 Å². The van der Waals surface area contributed by atoms with Crippen molar-refractivity contribution in [3.63, 3.8) is 0 Å². The fourth-order valence-electron chi connectivity index (χ4n) is 1.03. The molecule has 0 amide bonds. The third-order valence-corrected chi connectivity index (χ3v) is 2.79. The lowest BCUT2D eigenvalue weighted by atomic mass is 10.2. The highest BCUT2D eigenvalue weighted by molar-refractivity contribution is 7.90. The molecular formula is C9H15F3O4S. The largest absolute Gasteiger partial charge is 0.411 e. The van der Waals surface area contributed by atoms with Gasteiger partial charge in [-0.2, -0.15) is 13.2 Å². The Morgan fingerprint density at radius 3 is 2.29 bits per heavy atom. The number of ketones is 1. The number of carbonyl (C=O) groups is 1. The highest BCUT2D eigenvalue weighted by Gasteiger charge is 2.27. The predicted octanol–water partition coefficient (Wildman–Crippen LogP) is 1.35. The Labute approximate surface area is 98.1 Å². The quantitative estimate of drug-likeness (QED) is 0.628. The summed E-state index contributed by atoms with van der Waals surface area (Å²) in [5, 5.41) is 0. The van der Waals surface area contributed by atoms with E-state index in [2.05, 4.69) is 4.74 Å². The summed E-state index contributed by atoms with van der Waals surface area (Å²) in [6.07, 6.45) is -3.22. The Kier molecular flexibility index (Phi) is 6.69. The van der Waals surface area contributed by atoms with Gasteiger partial charge in [-0.25, -0.2) is 8.42 Å². The maximum absolute atomic E-state index is 11.6. The van der Waals surface area contributed by atoms with Crippen LogP contribution < -0.4 is 0 Å². The van der Waals surface area contributed by atoms with Crippen LogP contribution in [0.15, 0.2) is 0 Å². The Morgan fingerprint density at radius 1 is 1.24 bits per heavy atom. The first kappa shape index (κ1) is 16.4. The molecule has 0 radical (unpaired) electrons. The Morgan fingerprint density at radius 2 is 1.82 bits per heavy atom. The lowest BCUT2D eigenvalue weighted by Gasteiger charge is -2.06. The highest BCUT2D eigenvalue weighted by atomic mass is 32.2. The fourth-order valence-corrected chi connectivity index (χ4v) is 1.70. The smallest absolute Gasteiger partial charge is 0.372 e. The molecule has 0 fully saturated rings. The summed E-state index contributed by atoms with van der Waals surface area (Å²) in [4.78, 5) is 11.1. The van der Waals surface area contributed by atoms with E-state index in [1.807, 2.05) is 0 Å². The zero-order valence-corrected chi connectivity index (χ0v) is 10.2. The van der Waals surface area contributed by atoms with Crippen LogP contribution in [0.25, 0.3) is 0 Å². The van der Waals surface area contributed by atoms with Crippen LogP contribution in [-0.4, -0.2) is 45.6 Å². The van der Waals surface area contributed by atoms with E-state index in [9.17, 15) is 26.4 Å². The summed E-state index contributed by atoms with van der Waals surface area (Å²) in [5.41, 5.74) is 0. The van der Waals surface area contributed by atoms with E-state index in [4.69, 9.17) is 0 Å². The SMILES string of the molecule is CS(=O)(=O)CCCC(=O)CCOCC(F)(F)F. The maximum atomic E-state index is 11.6. The van der Waals surface area contributed by atoms with Crippen molar-refractivity contribution in [3.8, 4) is 0 Å². The molecule has 0 atom stereocenters. The van der Waals surface area contributed by atoms with Gasteiger partial charge in [0.05, 0.1) is 12.4 Å². The minimum atomic E-state index is -4.39. The molecule has 0 unspecified atom stereocenters. The van der Waals surface area contributed by atoms with Crippen LogP contribution in [0.2, 0.25) is 0 Å². The van der Waals surface area contributed by atoms with Gasteiger partial charge in [0.25, 0.3) is 0 Å². The van der Waals surface area contributed by atoms with Gasteiger partial charge in [0.1, 0.15) is 22.2 Å². The summed E-state index contributed by atoms with van der Waals surface area (Å²) >= 11 is 0. The molecule has 0 heterocycles. The van der Waals surface area contributed by atoms with Gasteiger partial charge in [-0.05, 0) is 6.42 Å². The Balaban J connectivity index is 3.55. The molecule has 0 aromatic heterocycles. The van der Waals surface area contributed by atoms with Crippen LogP contribution >= 0.6 is 0 Å². The van der Waals surface area contributed by atoms with E-state index in [1.54, 1.807) is 0 Å². The zero-order valence-electron chi connectivity index (χ0n) is 9.42. The van der Waals surface area contributed by atoms with Crippen molar-refractivity contribution in [1.29, 1.82) is 0 Å². The lowest BCUT2D eigenvalue weighted by Crippen LogP contribution is -2.18. The summed E-state index contributed by atoms with van der Waals surface area (Å²) in [6, 6.07) is 0. The van der Waals surface area contributed by atoms with E-state index in [1.165, 1.54) is 0 Å². The van der Waals surface area contributed by atoms with Gasteiger partial charge in [-0.3, -0.25) is 4.79 Å². The molecular weight excluding hydrogens is 261 g/mol. The number of halogens is 3. The molecule has 0 aromatic rings. The van der Waals surface area contributed by atoms with Gasteiger partial charge >= 0.3 is 6.18 Å². The van der Waals surface area contributed by atoms with Crippen LogP contribution in [0.4, 0.5) is 13.2 Å². The molecule has 17 heavy (non-hydrogen) atoms. The number of carbonyl (C=O) groups excluding carboxylic acids is 1. The number of hydrogen-bond donors (Lipinski definition) is 0. The van der Waals surface area contributed by atoms with Gasteiger partial charge in [-0.15, -0.1) is 0 Å². The van der Waals surface area contributed by atoms with E-state index >= 15 is 0 Å². The number of sulfone groups is 1. The van der Waals surface area contributed by atoms with Crippen molar-refractivity contribution >= 4 is 15.6 Å². The van der Waals surface area contributed by atoms with Gasteiger partial charge in [0.2, 0.25) is 0 Å². The molecule has 0 N–H and O–H groups in total. The molecule has 0 spiro atoms. The van der Waals surface area contributed by atoms with Gasteiger partial charge in [0, 0.05) is 19.1 Å². The molecule has 0 saturated carbocycles. The topological polar surface area (TPSA) is 60.4 Å².